The highest BCUT2D eigenvalue weighted by atomic mass is 19.1. The smallest absolute Gasteiger partial charge is 0.251 e. The Hall–Kier alpha value is -2.40. The monoisotopic (exact) mass is 314 g/mol. The summed E-state index contributed by atoms with van der Waals surface area (Å²) >= 11 is 0. The van der Waals surface area contributed by atoms with Crippen LogP contribution in [0.1, 0.15) is 28.4 Å². The fourth-order valence-corrected chi connectivity index (χ4v) is 3.14. The molecule has 2 aromatic carbocycles. The van der Waals surface area contributed by atoms with Crippen molar-refractivity contribution in [3.05, 3.63) is 65.5 Å². The van der Waals surface area contributed by atoms with Crippen LogP contribution in [0.25, 0.3) is 0 Å². The Balaban J connectivity index is 1.78. The molecule has 1 aliphatic heterocycles. The third-order valence-corrected chi connectivity index (χ3v) is 4.29. The van der Waals surface area contributed by atoms with Gasteiger partial charge in [0.2, 0.25) is 0 Å². The molecular weight excluding hydrogens is 295 g/mol. The van der Waals surface area contributed by atoms with Crippen LogP contribution in [0.4, 0.5) is 4.39 Å². The number of likely N-dealkylation sites (N-methyl/N-ethyl adjacent to an activating group) is 1. The van der Waals surface area contributed by atoms with Crippen molar-refractivity contribution in [2.75, 3.05) is 13.6 Å². The van der Waals surface area contributed by atoms with E-state index in [-0.39, 0.29) is 29.6 Å². The number of amides is 1. The molecule has 0 radical (unpaired) electrons. The molecule has 1 amide bonds. The van der Waals surface area contributed by atoms with E-state index in [0.717, 1.165) is 18.5 Å². The number of aromatic hydroxyl groups is 1. The van der Waals surface area contributed by atoms with Crippen molar-refractivity contribution >= 4 is 5.91 Å². The SMILES string of the molecule is CN1CC[C@@H](NC(=O)c2cccc(O)c2)[C@H]1c1ccc(F)cc1. The van der Waals surface area contributed by atoms with Gasteiger partial charge < -0.3 is 10.4 Å². The van der Waals surface area contributed by atoms with E-state index < -0.39 is 0 Å². The minimum atomic E-state index is -0.269. The van der Waals surface area contributed by atoms with Crippen molar-refractivity contribution in [3.63, 3.8) is 0 Å². The molecule has 4 nitrogen and oxygen atoms in total. The lowest BCUT2D eigenvalue weighted by Crippen LogP contribution is -2.38. The van der Waals surface area contributed by atoms with E-state index in [2.05, 4.69) is 10.2 Å². The molecule has 0 aliphatic carbocycles. The van der Waals surface area contributed by atoms with E-state index in [9.17, 15) is 14.3 Å². The summed E-state index contributed by atoms with van der Waals surface area (Å²) in [5.74, 6) is -0.417. The number of benzene rings is 2. The Morgan fingerprint density at radius 3 is 2.70 bits per heavy atom. The lowest BCUT2D eigenvalue weighted by molar-refractivity contribution is 0.0927. The van der Waals surface area contributed by atoms with Gasteiger partial charge in [-0.25, -0.2) is 4.39 Å². The molecular formula is C18H19FN2O2. The zero-order valence-corrected chi connectivity index (χ0v) is 12.9. The standard InChI is InChI=1S/C18H19FN2O2/c1-21-10-9-16(17(21)12-5-7-14(19)8-6-12)20-18(23)13-3-2-4-15(22)11-13/h2-8,11,16-17,22H,9-10H2,1H3,(H,20,23)/t16-,17-/m1/s1. The van der Waals surface area contributed by atoms with Crippen LogP contribution in [0.15, 0.2) is 48.5 Å². The van der Waals surface area contributed by atoms with Gasteiger partial charge in [-0.3, -0.25) is 9.69 Å². The van der Waals surface area contributed by atoms with Crippen LogP contribution in [-0.4, -0.2) is 35.5 Å². The zero-order valence-electron chi connectivity index (χ0n) is 12.9. The van der Waals surface area contributed by atoms with Crippen LogP contribution in [0.3, 0.4) is 0 Å². The number of halogens is 1. The largest absolute Gasteiger partial charge is 0.508 e. The number of nitrogens with one attached hydrogen (secondary N) is 1. The lowest BCUT2D eigenvalue weighted by atomic mass is 9.99. The van der Waals surface area contributed by atoms with Gasteiger partial charge in [0.25, 0.3) is 5.91 Å². The Bertz CT molecular complexity index is 702. The summed E-state index contributed by atoms with van der Waals surface area (Å²) in [5.41, 5.74) is 1.41. The maximum absolute atomic E-state index is 13.1. The Labute approximate surface area is 134 Å². The van der Waals surface area contributed by atoms with Gasteiger partial charge in [-0.05, 0) is 49.4 Å². The topological polar surface area (TPSA) is 52.6 Å². The molecule has 2 N–H and O–H groups in total. The molecule has 0 saturated carbocycles. The number of phenols is 1. The van der Waals surface area contributed by atoms with Crippen LogP contribution >= 0.6 is 0 Å². The molecule has 120 valence electrons. The second-order valence-electron chi connectivity index (χ2n) is 5.90. The molecule has 0 spiro atoms. The number of carbonyl (C=O) groups is 1. The number of hydrogen-bond acceptors (Lipinski definition) is 3. The maximum atomic E-state index is 13.1. The summed E-state index contributed by atoms with van der Waals surface area (Å²) in [6.07, 6.45) is 0.823. The predicted molar refractivity (Wildman–Crippen MR) is 85.7 cm³/mol. The van der Waals surface area contributed by atoms with Gasteiger partial charge in [-0.1, -0.05) is 18.2 Å². The number of rotatable bonds is 3. The quantitative estimate of drug-likeness (QED) is 0.916. The predicted octanol–water partition coefficient (Wildman–Crippen LogP) is 2.71. The highest BCUT2D eigenvalue weighted by molar-refractivity contribution is 5.94. The van der Waals surface area contributed by atoms with Gasteiger partial charge in [0.15, 0.2) is 0 Å². The van der Waals surface area contributed by atoms with E-state index in [1.165, 1.54) is 24.3 Å². The number of nitrogens with zero attached hydrogens (tertiary/aromatic N) is 1. The fraction of sp³-hybridized carbons (Fsp3) is 0.278. The first kappa shape index (κ1) is 15.5. The maximum Gasteiger partial charge on any atom is 0.251 e. The summed E-state index contributed by atoms with van der Waals surface area (Å²) in [4.78, 5) is 14.5. The Morgan fingerprint density at radius 2 is 2.00 bits per heavy atom. The molecule has 1 heterocycles. The number of carbonyl (C=O) groups excluding carboxylic acids is 1. The third-order valence-electron chi connectivity index (χ3n) is 4.29. The summed E-state index contributed by atoms with van der Waals surface area (Å²) in [6, 6.07) is 12.6. The highest BCUT2D eigenvalue weighted by Gasteiger charge is 2.34. The average molecular weight is 314 g/mol. The summed E-state index contributed by atoms with van der Waals surface area (Å²) in [7, 11) is 1.99. The van der Waals surface area contributed by atoms with Crippen molar-refractivity contribution in [2.24, 2.45) is 0 Å². The number of phenolic OH excluding ortho intramolecular Hbond substituents is 1. The average Bonchev–Trinajstić information content (AvgIpc) is 2.89. The van der Waals surface area contributed by atoms with E-state index in [1.54, 1.807) is 24.3 Å². The normalized spacial score (nSPS) is 21.3. The van der Waals surface area contributed by atoms with Crippen LogP contribution in [0.2, 0.25) is 0 Å². The van der Waals surface area contributed by atoms with Crippen molar-refractivity contribution in [1.82, 2.24) is 10.2 Å². The number of likely N-dealkylation sites (tertiary alicyclic amines) is 1. The van der Waals surface area contributed by atoms with E-state index in [1.807, 2.05) is 7.05 Å². The van der Waals surface area contributed by atoms with Crippen molar-refractivity contribution in [2.45, 2.75) is 18.5 Å². The summed E-state index contributed by atoms with van der Waals surface area (Å²) in [5, 5.41) is 12.5. The molecule has 0 bridgehead atoms. The first-order valence-corrected chi connectivity index (χ1v) is 7.60. The highest BCUT2D eigenvalue weighted by Crippen LogP contribution is 2.31. The lowest BCUT2D eigenvalue weighted by Gasteiger charge is -2.26. The van der Waals surface area contributed by atoms with Crippen LogP contribution in [0.5, 0.6) is 5.75 Å². The molecule has 23 heavy (non-hydrogen) atoms. The molecule has 5 heteroatoms. The van der Waals surface area contributed by atoms with Crippen LogP contribution in [-0.2, 0) is 0 Å². The van der Waals surface area contributed by atoms with Gasteiger partial charge in [0.05, 0.1) is 12.1 Å². The molecule has 2 aromatic rings. The second-order valence-corrected chi connectivity index (χ2v) is 5.90. The van der Waals surface area contributed by atoms with E-state index in [4.69, 9.17) is 0 Å². The Kier molecular flexibility index (Phi) is 4.30. The van der Waals surface area contributed by atoms with E-state index in [0.29, 0.717) is 5.56 Å². The molecule has 1 aliphatic rings. The molecule has 1 fully saturated rings. The number of hydrogen-bond donors (Lipinski definition) is 2. The van der Waals surface area contributed by atoms with Gasteiger partial charge in [-0.15, -0.1) is 0 Å². The Morgan fingerprint density at radius 1 is 1.26 bits per heavy atom. The molecule has 0 unspecified atom stereocenters. The van der Waals surface area contributed by atoms with Crippen LogP contribution < -0.4 is 5.32 Å². The third kappa shape index (κ3) is 3.35. The van der Waals surface area contributed by atoms with Crippen molar-refractivity contribution in [1.29, 1.82) is 0 Å². The fourth-order valence-electron chi connectivity index (χ4n) is 3.14. The molecule has 2 atom stereocenters. The minimum Gasteiger partial charge on any atom is -0.508 e. The van der Waals surface area contributed by atoms with E-state index >= 15 is 0 Å². The summed E-state index contributed by atoms with van der Waals surface area (Å²) < 4.78 is 13.1. The van der Waals surface area contributed by atoms with Gasteiger partial charge in [-0.2, -0.15) is 0 Å². The summed E-state index contributed by atoms with van der Waals surface area (Å²) in [6.45, 7) is 0.854. The van der Waals surface area contributed by atoms with Gasteiger partial charge in [0, 0.05) is 12.1 Å². The van der Waals surface area contributed by atoms with Crippen LogP contribution in [0, 0.1) is 5.82 Å². The molecule has 1 saturated heterocycles. The second kappa shape index (κ2) is 6.38. The minimum absolute atomic E-state index is 0.0110. The zero-order chi connectivity index (χ0) is 16.4. The van der Waals surface area contributed by atoms with Gasteiger partial charge in [0.1, 0.15) is 11.6 Å². The van der Waals surface area contributed by atoms with Crippen molar-refractivity contribution in [3.8, 4) is 5.75 Å². The first-order valence-electron chi connectivity index (χ1n) is 7.60. The molecule has 3 rings (SSSR count). The van der Waals surface area contributed by atoms with Crippen molar-refractivity contribution < 1.29 is 14.3 Å². The molecule has 0 aromatic heterocycles. The van der Waals surface area contributed by atoms with Gasteiger partial charge >= 0.3 is 0 Å². The first-order chi connectivity index (χ1) is 11.0.